The van der Waals surface area contributed by atoms with Crippen LogP contribution in [0.2, 0.25) is 0 Å². The van der Waals surface area contributed by atoms with Gasteiger partial charge in [-0.2, -0.15) is 0 Å². The number of anilines is 1. The number of para-hydroxylation sites is 1. The highest BCUT2D eigenvalue weighted by molar-refractivity contribution is 14.0. The normalized spacial score (nSPS) is 14.6. The fourth-order valence-corrected chi connectivity index (χ4v) is 3.27. The smallest absolute Gasteiger partial charge is 0.227 e. The lowest BCUT2D eigenvalue weighted by atomic mass is 9.85. The maximum atomic E-state index is 12.2. The zero-order chi connectivity index (χ0) is 21.3. The van der Waals surface area contributed by atoms with E-state index in [-0.39, 0.29) is 41.9 Å². The molecule has 1 aliphatic rings. The largest absolute Gasteiger partial charge is 0.489 e. The molecule has 1 fully saturated rings. The summed E-state index contributed by atoms with van der Waals surface area (Å²) >= 11 is 0. The number of halogens is 1. The summed E-state index contributed by atoms with van der Waals surface area (Å²) in [5.74, 6) is 1.92. The molecule has 0 radical (unpaired) electrons. The first-order valence-electron chi connectivity index (χ1n) is 10.6. The Bertz CT molecular complexity index is 883. The number of carbonyl (C=O) groups excluding carboxylic acids is 1. The van der Waals surface area contributed by atoms with Crippen LogP contribution in [-0.4, -0.2) is 31.6 Å². The molecule has 0 bridgehead atoms. The molecule has 0 saturated heterocycles. The average Bonchev–Trinajstić information content (AvgIpc) is 2.69. The van der Waals surface area contributed by atoms with Crippen molar-refractivity contribution in [1.29, 1.82) is 0 Å². The minimum atomic E-state index is -0.00491. The van der Waals surface area contributed by atoms with Gasteiger partial charge in [-0.05, 0) is 56.0 Å². The predicted octanol–water partition coefficient (Wildman–Crippen LogP) is 4.48. The van der Waals surface area contributed by atoms with Crippen LogP contribution in [0.4, 0.5) is 5.69 Å². The van der Waals surface area contributed by atoms with E-state index in [4.69, 9.17) is 4.74 Å². The monoisotopic (exact) mass is 536 g/mol. The van der Waals surface area contributed by atoms with Crippen LogP contribution in [0.3, 0.4) is 0 Å². The summed E-state index contributed by atoms with van der Waals surface area (Å²) in [7, 11) is 1.75. The van der Waals surface area contributed by atoms with Gasteiger partial charge in [-0.1, -0.05) is 36.8 Å². The summed E-state index contributed by atoms with van der Waals surface area (Å²) in [5.41, 5.74) is 3.04. The number of nitrogens with zero attached hydrogens (tertiary/aromatic N) is 1. The molecule has 2 aromatic rings. The highest BCUT2D eigenvalue weighted by atomic mass is 127. The van der Waals surface area contributed by atoms with E-state index in [0.29, 0.717) is 19.0 Å². The number of nitrogens with one attached hydrogen (secondary N) is 3. The summed E-state index contributed by atoms with van der Waals surface area (Å²) < 4.78 is 6.00. The summed E-state index contributed by atoms with van der Waals surface area (Å²) in [5, 5.41) is 9.64. The molecule has 3 rings (SSSR count). The van der Waals surface area contributed by atoms with Gasteiger partial charge in [0.05, 0.1) is 6.54 Å². The van der Waals surface area contributed by atoms with Gasteiger partial charge in [0.1, 0.15) is 11.9 Å². The summed E-state index contributed by atoms with van der Waals surface area (Å²) in [4.78, 5) is 16.4. The van der Waals surface area contributed by atoms with Crippen molar-refractivity contribution in [3.05, 3.63) is 59.7 Å². The quantitative estimate of drug-likeness (QED) is 0.264. The fourth-order valence-electron chi connectivity index (χ4n) is 3.27. The minimum absolute atomic E-state index is 0. The van der Waals surface area contributed by atoms with Crippen molar-refractivity contribution in [3.8, 4) is 5.75 Å². The van der Waals surface area contributed by atoms with Crippen LogP contribution < -0.4 is 20.7 Å². The van der Waals surface area contributed by atoms with E-state index in [1.54, 1.807) is 7.05 Å². The third-order valence-electron chi connectivity index (χ3n) is 5.33. The molecule has 168 valence electrons. The van der Waals surface area contributed by atoms with Crippen molar-refractivity contribution in [3.63, 3.8) is 0 Å². The molecule has 3 N–H and O–H groups in total. The Hall–Kier alpha value is -2.29. The van der Waals surface area contributed by atoms with E-state index < -0.39 is 0 Å². The summed E-state index contributed by atoms with van der Waals surface area (Å²) in [6.45, 7) is 5.31. The van der Waals surface area contributed by atoms with Crippen LogP contribution in [0.1, 0.15) is 37.3 Å². The SMILES string of the molecule is CN=C(NCc1cccc(NC(=O)C2CCC2)c1)NCC(C)Oc1ccccc1C.I. The van der Waals surface area contributed by atoms with Crippen molar-refractivity contribution in [2.45, 2.75) is 45.8 Å². The van der Waals surface area contributed by atoms with Crippen molar-refractivity contribution >= 4 is 41.5 Å². The Morgan fingerprint density at radius 2 is 1.94 bits per heavy atom. The Morgan fingerprint density at radius 3 is 2.61 bits per heavy atom. The first-order valence-corrected chi connectivity index (χ1v) is 10.6. The number of hydrogen-bond donors (Lipinski definition) is 3. The van der Waals surface area contributed by atoms with Gasteiger partial charge in [-0.25, -0.2) is 0 Å². The average molecular weight is 536 g/mol. The first-order chi connectivity index (χ1) is 14.5. The van der Waals surface area contributed by atoms with Crippen LogP contribution in [-0.2, 0) is 11.3 Å². The van der Waals surface area contributed by atoms with Crippen LogP contribution in [0.15, 0.2) is 53.5 Å². The molecule has 31 heavy (non-hydrogen) atoms. The Morgan fingerprint density at radius 1 is 1.16 bits per heavy atom. The third-order valence-corrected chi connectivity index (χ3v) is 5.33. The molecule has 2 aromatic carbocycles. The highest BCUT2D eigenvalue weighted by Crippen LogP contribution is 2.27. The van der Waals surface area contributed by atoms with Gasteiger partial charge in [0, 0.05) is 25.2 Å². The number of rotatable bonds is 8. The van der Waals surface area contributed by atoms with Crippen molar-refractivity contribution in [1.82, 2.24) is 10.6 Å². The van der Waals surface area contributed by atoms with Crippen molar-refractivity contribution in [2.75, 3.05) is 18.9 Å². The predicted molar refractivity (Wildman–Crippen MR) is 137 cm³/mol. The van der Waals surface area contributed by atoms with Gasteiger partial charge in [-0.3, -0.25) is 9.79 Å². The number of aliphatic imine (C=N–C) groups is 1. The zero-order valence-corrected chi connectivity index (χ0v) is 20.8. The van der Waals surface area contributed by atoms with Gasteiger partial charge >= 0.3 is 0 Å². The van der Waals surface area contributed by atoms with E-state index in [2.05, 4.69) is 20.9 Å². The number of guanidine groups is 1. The molecule has 1 unspecified atom stereocenters. The van der Waals surface area contributed by atoms with E-state index >= 15 is 0 Å². The van der Waals surface area contributed by atoms with Crippen LogP contribution in [0.25, 0.3) is 0 Å². The Balaban J connectivity index is 0.00000341. The lowest BCUT2D eigenvalue weighted by Crippen LogP contribution is -2.41. The van der Waals surface area contributed by atoms with Gasteiger partial charge < -0.3 is 20.7 Å². The number of ether oxygens (including phenoxy) is 1. The van der Waals surface area contributed by atoms with E-state index in [9.17, 15) is 4.79 Å². The summed E-state index contributed by atoms with van der Waals surface area (Å²) in [6.07, 6.45) is 3.15. The second-order valence-electron chi connectivity index (χ2n) is 7.82. The van der Waals surface area contributed by atoms with Gasteiger partial charge in [0.2, 0.25) is 5.91 Å². The van der Waals surface area contributed by atoms with Crippen LogP contribution in [0, 0.1) is 12.8 Å². The molecule has 1 saturated carbocycles. The summed E-state index contributed by atoms with van der Waals surface area (Å²) in [6, 6.07) is 15.9. The highest BCUT2D eigenvalue weighted by Gasteiger charge is 2.25. The fraction of sp³-hybridized carbons (Fsp3) is 0.417. The molecule has 0 spiro atoms. The molecule has 1 atom stereocenters. The number of benzene rings is 2. The number of carbonyl (C=O) groups is 1. The van der Waals surface area contributed by atoms with Gasteiger partial charge in [0.25, 0.3) is 0 Å². The number of hydrogen-bond acceptors (Lipinski definition) is 3. The van der Waals surface area contributed by atoms with Crippen LogP contribution in [0.5, 0.6) is 5.75 Å². The minimum Gasteiger partial charge on any atom is -0.489 e. The van der Waals surface area contributed by atoms with Gasteiger partial charge in [0.15, 0.2) is 5.96 Å². The van der Waals surface area contributed by atoms with Crippen molar-refractivity contribution in [2.24, 2.45) is 10.9 Å². The lowest BCUT2D eigenvalue weighted by Gasteiger charge is -2.24. The Labute approximate surface area is 202 Å². The molecule has 6 nitrogen and oxygen atoms in total. The number of aryl methyl sites for hydroxylation is 1. The van der Waals surface area contributed by atoms with E-state index in [0.717, 1.165) is 41.8 Å². The standard InChI is InChI=1S/C24H32N4O2.HI/c1-17-8-4-5-13-22(17)30-18(2)15-26-24(25-3)27-16-19-9-6-12-21(14-19)28-23(29)20-10-7-11-20;/h4-6,8-9,12-14,18,20H,7,10-11,15-16H2,1-3H3,(H,28,29)(H2,25,26,27);1H. The maximum Gasteiger partial charge on any atom is 0.227 e. The molecular weight excluding hydrogens is 503 g/mol. The zero-order valence-electron chi connectivity index (χ0n) is 18.5. The number of amides is 1. The molecule has 7 heteroatoms. The van der Waals surface area contributed by atoms with Gasteiger partial charge in [-0.15, -0.1) is 24.0 Å². The molecule has 1 amide bonds. The molecule has 0 aliphatic heterocycles. The third kappa shape index (κ3) is 7.72. The second kappa shape index (κ2) is 12.5. The maximum absolute atomic E-state index is 12.2. The van der Waals surface area contributed by atoms with E-state index in [1.165, 1.54) is 0 Å². The molecule has 0 heterocycles. The molecule has 0 aromatic heterocycles. The second-order valence-corrected chi connectivity index (χ2v) is 7.82. The molecular formula is C24H33IN4O2. The topological polar surface area (TPSA) is 74.8 Å². The van der Waals surface area contributed by atoms with E-state index in [1.807, 2.05) is 62.4 Å². The Kier molecular flexibility index (Phi) is 10.1. The van der Waals surface area contributed by atoms with Crippen LogP contribution >= 0.6 is 24.0 Å². The lowest BCUT2D eigenvalue weighted by molar-refractivity contribution is -0.122. The first kappa shape index (κ1) is 25.0. The van der Waals surface area contributed by atoms with Crippen molar-refractivity contribution < 1.29 is 9.53 Å². The molecule has 1 aliphatic carbocycles.